The second kappa shape index (κ2) is 10.3. The number of benzene rings is 2. The third kappa shape index (κ3) is 5.28. The molecule has 2 aromatic carbocycles. The SMILES string of the molecule is Cc1cccc(CCN(C(=O)c2ccco2)[C@@H](C(=O)NC2CCCC2)c2ccccc2)c1. The summed E-state index contributed by atoms with van der Waals surface area (Å²) in [6.07, 6.45) is 6.37. The molecule has 0 saturated heterocycles. The molecule has 1 heterocycles. The Balaban J connectivity index is 1.66. The van der Waals surface area contributed by atoms with E-state index in [0.29, 0.717) is 13.0 Å². The number of hydrogen-bond donors (Lipinski definition) is 1. The summed E-state index contributed by atoms with van der Waals surface area (Å²) in [4.78, 5) is 28.7. The van der Waals surface area contributed by atoms with Gasteiger partial charge in [0.05, 0.1) is 6.26 Å². The minimum absolute atomic E-state index is 0.132. The highest BCUT2D eigenvalue weighted by Gasteiger charge is 2.34. The van der Waals surface area contributed by atoms with Gasteiger partial charge in [0.2, 0.25) is 5.91 Å². The summed E-state index contributed by atoms with van der Waals surface area (Å²) in [6.45, 7) is 2.46. The van der Waals surface area contributed by atoms with Crippen LogP contribution in [-0.4, -0.2) is 29.3 Å². The van der Waals surface area contributed by atoms with Crippen LogP contribution in [0.15, 0.2) is 77.4 Å². The Bertz CT molecular complexity index is 1020. The maximum absolute atomic E-state index is 13.5. The molecule has 1 atom stereocenters. The molecular formula is C27H30N2O3. The van der Waals surface area contributed by atoms with Gasteiger partial charge in [-0.3, -0.25) is 9.59 Å². The largest absolute Gasteiger partial charge is 0.459 e. The molecule has 3 aromatic rings. The molecular weight excluding hydrogens is 400 g/mol. The van der Waals surface area contributed by atoms with Gasteiger partial charge in [-0.1, -0.05) is 73.0 Å². The van der Waals surface area contributed by atoms with Gasteiger partial charge in [-0.05, 0) is 49.4 Å². The number of carbonyl (C=O) groups excluding carboxylic acids is 2. The zero-order chi connectivity index (χ0) is 22.3. The number of nitrogens with one attached hydrogen (secondary N) is 1. The van der Waals surface area contributed by atoms with E-state index in [1.165, 1.54) is 11.8 Å². The monoisotopic (exact) mass is 430 g/mol. The minimum atomic E-state index is -0.723. The summed E-state index contributed by atoms with van der Waals surface area (Å²) in [7, 11) is 0. The van der Waals surface area contributed by atoms with E-state index in [2.05, 4.69) is 30.4 Å². The predicted molar refractivity (Wildman–Crippen MR) is 124 cm³/mol. The van der Waals surface area contributed by atoms with Crippen molar-refractivity contribution in [1.29, 1.82) is 0 Å². The third-order valence-electron chi connectivity index (χ3n) is 6.09. The molecule has 166 valence electrons. The van der Waals surface area contributed by atoms with Crippen LogP contribution in [0.4, 0.5) is 0 Å². The first-order valence-electron chi connectivity index (χ1n) is 11.4. The van der Waals surface area contributed by atoms with Gasteiger partial charge in [0.1, 0.15) is 6.04 Å². The molecule has 1 aliphatic carbocycles. The Morgan fingerprint density at radius 3 is 2.50 bits per heavy atom. The average molecular weight is 431 g/mol. The Hall–Kier alpha value is -3.34. The van der Waals surface area contributed by atoms with Gasteiger partial charge in [0.15, 0.2) is 5.76 Å². The fourth-order valence-electron chi connectivity index (χ4n) is 4.47. The zero-order valence-electron chi connectivity index (χ0n) is 18.5. The van der Waals surface area contributed by atoms with Crippen LogP contribution in [0, 0.1) is 6.92 Å². The zero-order valence-corrected chi connectivity index (χ0v) is 18.5. The molecule has 0 spiro atoms. The van der Waals surface area contributed by atoms with Crippen molar-refractivity contribution in [3.63, 3.8) is 0 Å². The van der Waals surface area contributed by atoms with Gasteiger partial charge in [0.25, 0.3) is 5.91 Å². The number of aryl methyl sites for hydroxylation is 1. The molecule has 0 aliphatic heterocycles. The Morgan fingerprint density at radius 1 is 1.03 bits per heavy atom. The molecule has 0 unspecified atom stereocenters. The van der Waals surface area contributed by atoms with E-state index in [1.807, 2.05) is 36.4 Å². The average Bonchev–Trinajstić information content (AvgIpc) is 3.51. The maximum Gasteiger partial charge on any atom is 0.290 e. The number of rotatable bonds is 8. The highest BCUT2D eigenvalue weighted by Crippen LogP contribution is 2.26. The lowest BCUT2D eigenvalue weighted by molar-refractivity contribution is -0.126. The number of furan rings is 1. The van der Waals surface area contributed by atoms with Crippen molar-refractivity contribution in [2.45, 2.75) is 51.1 Å². The Labute approximate surface area is 189 Å². The highest BCUT2D eigenvalue weighted by atomic mass is 16.3. The van der Waals surface area contributed by atoms with Crippen molar-refractivity contribution in [3.8, 4) is 0 Å². The van der Waals surface area contributed by atoms with Crippen molar-refractivity contribution in [2.75, 3.05) is 6.54 Å². The summed E-state index contributed by atoms with van der Waals surface area (Å²) in [6, 6.07) is 20.6. The summed E-state index contributed by atoms with van der Waals surface area (Å²) in [5, 5.41) is 3.20. The van der Waals surface area contributed by atoms with Crippen molar-refractivity contribution in [1.82, 2.24) is 10.2 Å². The van der Waals surface area contributed by atoms with Crippen molar-refractivity contribution in [3.05, 3.63) is 95.4 Å². The smallest absolute Gasteiger partial charge is 0.290 e. The van der Waals surface area contributed by atoms with E-state index in [4.69, 9.17) is 4.42 Å². The molecule has 1 aromatic heterocycles. The number of nitrogens with zero attached hydrogens (tertiary/aromatic N) is 1. The summed E-state index contributed by atoms with van der Waals surface area (Å²) in [5.41, 5.74) is 3.10. The fraction of sp³-hybridized carbons (Fsp3) is 0.333. The molecule has 0 radical (unpaired) electrons. The molecule has 1 saturated carbocycles. The Morgan fingerprint density at radius 2 is 1.81 bits per heavy atom. The van der Waals surface area contributed by atoms with Crippen molar-refractivity contribution < 1.29 is 14.0 Å². The van der Waals surface area contributed by atoms with Gasteiger partial charge >= 0.3 is 0 Å². The van der Waals surface area contributed by atoms with E-state index >= 15 is 0 Å². The molecule has 2 amide bonds. The lowest BCUT2D eigenvalue weighted by Crippen LogP contribution is -2.46. The van der Waals surface area contributed by atoms with E-state index < -0.39 is 6.04 Å². The van der Waals surface area contributed by atoms with E-state index in [9.17, 15) is 9.59 Å². The fourth-order valence-corrected chi connectivity index (χ4v) is 4.47. The van der Waals surface area contributed by atoms with Crippen LogP contribution >= 0.6 is 0 Å². The van der Waals surface area contributed by atoms with Gasteiger partial charge in [0, 0.05) is 12.6 Å². The van der Waals surface area contributed by atoms with Crippen LogP contribution in [0.5, 0.6) is 0 Å². The molecule has 5 heteroatoms. The molecule has 4 rings (SSSR count). The van der Waals surface area contributed by atoms with Crippen LogP contribution < -0.4 is 5.32 Å². The lowest BCUT2D eigenvalue weighted by atomic mass is 10.0. The summed E-state index contributed by atoms with van der Waals surface area (Å²) >= 11 is 0. The van der Waals surface area contributed by atoms with Gasteiger partial charge in [-0.25, -0.2) is 0 Å². The third-order valence-corrected chi connectivity index (χ3v) is 6.09. The first-order valence-corrected chi connectivity index (χ1v) is 11.4. The summed E-state index contributed by atoms with van der Waals surface area (Å²) in [5.74, 6) is -0.172. The van der Waals surface area contributed by atoms with E-state index in [1.54, 1.807) is 17.0 Å². The lowest BCUT2D eigenvalue weighted by Gasteiger charge is -2.32. The van der Waals surface area contributed by atoms with E-state index in [-0.39, 0.29) is 23.6 Å². The molecule has 32 heavy (non-hydrogen) atoms. The molecule has 5 nitrogen and oxygen atoms in total. The van der Waals surface area contributed by atoms with Gasteiger partial charge in [-0.2, -0.15) is 0 Å². The van der Waals surface area contributed by atoms with Crippen LogP contribution in [0.3, 0.4) is 0 Å². The maximum atomic E-state index is 13.5. The minimum Gasteiger partial charge on any atom is -0.459 e. The topological polar surface area (TPSA) is 62.6 Å². The van der Waals surface area contributed by atoms with Gasteiger partial charge in [-0.15, -0.1) is 0 Å². The first-order chi connectivity index (χ1) is 15.6. The summed E-state index contributed by atoms with van der Waals surface area (Å²) < 4.78 is 5.42. The quantitative estimate of drug-likeness (QED) is 0.542. The van der Waals surface area contributed by atoms with Crippen LogP contribution in [0.25, 0.3) is 0 Å². The molecule has 1 N–H and O–H groups in total. The van der Waals surface area contributed by atoms with Gasteiger partial charge < -0.3 is 14.6 Å². The van der Waals surface area contributed by atoms with Crippen LogP contribution in [0.1, 0.15) is 59.0 Å². The standard InChI is InChI=1S/C27H30N2O3/c1-20-9-7-10-21(19-20)16-17-29(27(31)24-15-8-18-32-24)25(22-11-3-2-4-12-22)26(30)28-23-13-5-6-14-23/h2-4,7-12,15,18-19,23,25H,5-6,13-14,16-17H2,1H3,(H,28,30)/t25-/m1/s1. The molecule has 1 fully saturated rings. The van der Waals surface area contributed by atoms with Crippen molar-refractivity contribution in [2.24, 2.45) is 0 Å². The molecule has 1 aliphatic rings. The van der Waals surface area contributed by atoms with Crippen LogP contribution in [0.2, 0.25) is 0 Å². The number of amides is 2. The van der Waals surface area contributed by atoms with Crippen molar-refractivity contribution >= 4 is 11.8 Å². The number of carbonyl (C=O) groups is 2. The predicted octanol–water partition coefficient (Wildman–Crippen LogP) is 5.07. The second-order valence-corrected chi connectivity index (χ2v) is 8.52. The number of hydrogen-bond acceptors (Lipinski definition) is 3. The first kappa shape index (κ1) is 21.9. The second-order valence-electron chi connectivity index (χ2n) is 8.52. The highest BCUT2D eigenvalue weighted by molar-refractivity contribution is 5.96. The molecule has 0 bridgehead atoms. The van der Waals surface area contributed by atoms with E-state index in [0.717, 1.165) is 36.8 Å². The van der Waals surface area contributed by atoms with Crippen LogP contribution in [-0.2, 0) is 11.2 Å². The Kier molecular flexibility index (Phi) is 7.05. The normalized spacial score (nSPS) is 14.8.